The van der Waals surface area contributed by atoms with Crippen molar-refractivity contribution in [1.82, 2.24) is 0 Å². The van der Waals surface area contributed by atoms with E-state index in [9.17, 15) is 0 Å². The number of benzene rings is 1. The summed E-state index contributed by atoms with van der Waals surface area (Å²) < 4.78 is 5.52. The van der Waals surface area contributed by atoms with Gasteiger partial charge in [0.25, 0.3) is 0 Å². The molecule has 1 nitrogen and oxygen atoms in total. The lowest BCUT2D eigenvalue weighted by atomic mass is 10.3. The minimum Gasteiger partial charge on any atom is -0.490 e. The molecule has 0 aromatic heterocycles. The molecule has 0 bridgehead atoms. The second kappa shape index (κ2) is 3.15. The topological polar surface area (TPSA) is 9.23 Å². The van der Waals surface area contributed by atoms with Gasteiger partial charge >= 0.3 is 0 Å². The monoisotopic (exact) mass is 202 g/mol. The molecule has 0 atom stereocenters. The third-order valence-electron chi connectivity index (χ3n) is 1.66. The van der Waals surface area contributed by atoms with Gasteiger partial charge in [-0.05, 0) is 31.0 Å². The lowest BCUT2D eigenvalue weighted by molar-refractivity contribution is 0.303. The molecule has 1 aliphatic rings. The van der Waals surface area contributed by atoms with Crippen molar-refractivity contribution >= 4 is 23.2 Å². The lowest BCUT2D eigenvalue weighted by Gasteiger charge is -2.04. The summed E-state index contributed by atoms with van der Waals surface area (Å²) in [5.41, 5.74) is 0. The van der Waals surface area contributed by atoms with Crippen LogP contribution in [0.15, 0.2) is 18.2 Å². The molecule has 0 heterocycles. The van der Waals surface area contributed by atoms with E-state index < -0.39 is 0 Å². The van der Waals surface area contributed by atoms with E-state index in [0.29, 0.717) is 16.1 Å². The predicted octanol–water partition coefficient (Wildman–Crippen LogP) is 3.53. The van der Waals surface area contributed by atoms with Crippen molar-refractivity contribution < 1.29 is 4.74 Å². The SMILES string of the molecule is Clc1cc(Cl)cc(OC2CC2)c1. The normalized spacial score (nSPS) is 16.2. The van der Waals surface area contributed by atoms with Crippen molar-refractivity contribution in [3.8, 4) is 5.75 Å². The number of rotatable bonds is 2. The van der Waals surface area contributed by atoms with Gasteiger partial charge in [0.1, 0.15) is 5.75 Å². The molecule has 0 spiro atoms. The second-order valence-electron chi connectivity index (χ2n) is 2.92. The highest BCUT2D eigenvalue weighted by Gasteiger charge is 2.23. The maximum Gasteiger partial charge on any atom is 0.122 e. The fourth-order valence-corrected chi connectivity index (χ4v) is 1.48. The van der Waals surface area contributed by atoms with Crippen molar-refractivity contribution in [2.45, 2.75) is 18.9 Å². The zero-order valence-corrected chi connectivity index (χ0v) is 7.90. The Morgan fingerprint density at radius 1 is 1.08 bits per heavy atom. The molecule has 0 N–H and O–H groups in total. The van der Waals surface area contributed by atoms with Crippen molar-refractivity contribution in [2.24, 2.45) is 0 Å². The van der Waals surface area contributed by atoms with Gasteiger partial charge in [0.15, 0.2) is 0 Å². The molecule has 0 aliphatic heterocycles. The number of hydrogen-bond donors (Lipinski definition) is 0. The van der Waals surface area contributed by atoms with Gasteiger partial charge in [-0.25, -0.2) is 0 Å². The highest BCUT2D eigenvalue weighted by molar-refractivity contribution is 6.34. The second-order valence-corrected chi connectivity index (χ2v) is 3.80. The van der Waals surface area contributed by atoms with Crippen LogP contribution in [0.3, 0.4) is 0 Å². The number of ether oxygens (including phenoxy) is 1. The van der Waals surface area contributed by atoms with Gasteiger partial charge in [-0.2, -0.15) is 0 Å². The molecule has 1 fully saturated rings. The smallest absolute Gasteiger partial charge is 0.122 e. The summed E-state index contributed by atoms with van der Waals surface area (Å²) in [6, 6.07) is 5.26. The van der Waals surface area contributed by atoms with E-state index in [1.54, 1.807) is 18.2 Å². The van der Waals surface area contributed by atoms with Crippen molar-refractivity contribution in [2.75, 3.05) is 0 Å². The summed E-state index contributed by atoms with van der Waals surface area (Å²) in [5.74, 6) is 0.773. The van der Waals surface area contributed by atoms with Crippen LogP contribution in [0.5, 0.6) is 5.75 Å². The predicted molar refractivity (Wildman–Crippen MR) is 50.1 cm³/mol. The Hall–Kier alpha value is -0.400. The fraction of sp³-hybridized carbons (Fsp3) is 0.333. The van der Waals surface area contributed by atoms with Crippen LogP contribution in [0, 0.1) is 0 Å². The maximum absolute atomic E-state index is 5.79. The highest BCUT2D eigenvalue weighted by atomic mass is 35.5. The minimum absolute atomic E-state index is 0.388. The highest BCUT2D eigenvalue weighted by Crippen LogP contribution is 2.30. The molecule has 1 aromatic rings. The first kappa shape index (κ1) is 8.21. The molecule has 2 rings (SSSR count). The summed E-state index contributed by atoms with van der Waals surface area (Å²) in [6.45, 7) is 0. The van der Waals surface area contributed by atoms with Crippen LogP contribution in [0.25, 0.3) is 0 Å². The van der Waals surface area contributed by atoms with Crippen LogP contribution in [0.4, 0.5) is 0 Å². The zero-order chi connectivity index (χ0) is 8.55. The Morgan fingerprint density at radius 3 is 2.17 bits per heavy atom. The Bertz CT molecular complexity index is 274. The Morgan fingerprint density at radius 2 is 1.67 bits per heavy atom. The van der Waals surface area contributed by atoms with Gasteiger partial charge in [-0.15, -0.1) is 0 Å². The lowest BCUT2D eigenvalue weighted by Crippen LogP contribution is -1.95. The standard InChI is InChI=1S/C9H8Cl2O/c10-6-3-7(11)5-9(4-6)12-8-1-2-8/h3-5,8H,1-2H2. The molecular weight excluding hydrogens is 195 g/mol. The summed E-state index contributed by atoms with van der Waals surface area (Å²) >= 11 is 11.6. The van der Waals surface area contributed by atoms with Crippen LogP contribution < -0.4 is 4.74 Å². The van der Waals surface area contributed by atoms with Crippen molar-refractivity contribution in [1.29, 1.82) is 0 Å². The first-order valence-corrected chi connectivity index (χ1v) is 4.62. The van der Waals surface area contributed by atoms with E-state index in [4.69, 9.17) is 27.9 Å². The molecule has 1 saturated carbocycles. The average Bonchev–Trinajstić information content (AvgIpc) is 2.68. The molecular formula is C9H8Cl2O. The van der Waals surface area contributed by atoms with Crippen molar-refractivity contribution in [3.05, 3.63) is 28.2 Å². The summed E-state index contributed by atoms with van der Waals surface area (Å²) in [5, 5.41) is 1.25. The summed E-state index contributed by atoms with van der Waals surface area (Å²) in [6.07, 6.45) is 2.67. The van der Waals surface area contributed by atoms with Gasteiger partial charge in [-0.3, -0.25) is 0 Å². The molecule has 0 unspecified atom stereocenters. The summed E-state index contributed by atoms with van der Waals surface area (Å²) in [7, 11) is 0. The third-order valence-corrected chi connectivity index (χ3v) is 2.10. The molecule has 0 saturated heterocycles. The molecule has 1 aliphatic carbocycles. The maximum atomic E-state index is 5.79. The van der Waals surface area contributed by atoms with E-state index in [0.717, 1.165) is 18.6 Å². The first-order valence-electron chi connectivity index (χ1n) is 3.87. The van der Waals surface area contributed by atoms with Crippen molar-refractivity contribution in [3.63, 3.8) is 0 Å². The largest absolute Gasteiger partial charge is 0.490 e. The van der Waals surface area contributed by atoms with Crippen LogP contribution >= 0.6 is 23.2 Å². The quantitative estimate of drug-likeness (QED) is 0.714. The Labute approximate surface area is 81.2 Å². The first-order chi connectivity index (χ1) is 5.74. The zero-order valence-electron chi connectivity index (χ0n) is 6.39. The van der Waals surface area contributed by atoms with E-state index >= 15 is 0 Å². The number of halogens is 2. The van der Waals surface area contributed by atoms with E-state index in [-0.39, 0.29) is 0 Å². The fourth-order valence-electron chi connectivity index (χ4n) is 0.975. The van der Waals surface area contributed by atoms with Crippen LogP contribution in [-0.4, -0.2) is 6.10 Å². The van der Waals surface area contributed by atoms with Gasteiger partial charge in [-0.1, -0.05) is 23.2 Å². The summed E-state index contributed by atoms with van der Waals surface area (Å²) in [4.78, 5) is 0. The molecule has 1 aromatic carbocycles. The molecule has 3 heteroatoms. The van der Waals surface area contributed by atoms with Crippen LogP contribution in [0.1, 0.15) is 12.8 Å². The Kier molecular flexibility index (Phi) is 2.16. The average molecular weight is 203 g/mol. The van der Waals surface area contributed by atoms with Gasteiger partial charge in [0.2, 0.25) is 0 Å². The van der Waals surface area contributed by atoms with Crippen LogP contribution in [-0.2, 0) is 0 Å². The van der Waals surface area contributed by atoms with E-state index in [2.05, 4.69) is 0 Å². The van der Waals surface area contributed by atoms with Gasteiger partial charge in [0, 0.05) is 10.0 Å². The van der Waals surface area contributed by atoms with Gasteiger partial charge < -0.3 is 4.74 Å². The number of hydrogen-bond acceptors (Lipinski definition) is 1. The van der Waals surface area contributed by atoms with E-state index in [1.165, 1.54) is 0 Å². The van der Waals surface area contributed by atoms with Crippen LogP contribution in [0.2, 0.25) is 10.0 Å². The molecule has 0 radical (unpaired) electrons. The third kappa shape index (κ3) is 2.05. The van der Waals surface area contributed by atoms with Gasteiger partial charge in [0.05, 0.1) is 6.10 Å². The Balaban J connectivity index is 2.18. The molecule has 0 amide bonds. The minimum atomic E-state index is 0.388. The molecule has 64 valence electrons. The van der Waals surface area contributed by atoms with E-state index in [1.807, 2.05) is 0 Å². The molecule has 12 heavy (non-hydrogen) atoms.